The van der Waals surface area contributed by atoms with Crippen LogP contribution in [0.5, 0.6) is 23.0 Å². The monoisotopic (exact) mass is 387 g/mol. The van der Waals surface area contributed by atoms with Gasteiger partial charge in [0.25, 0.3) is 5.91 Å². The molecule has 0 unspecified atom stereocenters. The normalized spacial score (nSPS) is 12.8. The summed E-state index contributed by atoms with van der Waals surface area (Å²) in [6, 6.07) is 10.1. The van der Waals surface area contributed by atoms with Crippen molar-refractivity contribution in [1.29, 1.82) is 0 Å². The van der Waals surface area contributed by atoms with E-state index >= 15 is 0 Å². The van der Waals surface area contributed by atoms with Gasteiger partial charge < -0.3 is 29.0 Å². The molecule has 2 aromatic carbocycles. The first-order valence-electron chi connectivity index (χ1n) is 8.61. The molecule has 0 aromatic heterocycles. The Morgan fingerprint density at radius 1 is 1.07 bits per heavy atom. The highest BCUT2D eigenvalue weighted by molar-refractivity contribution is 5.90. The van der Waals surface area contributed by atoms with Crippen LogP contribution >= 0.6 is 0 Å². The van der Waals surface area contributed by atoms with Gasteiger partial charge in [0.2, 0.25) is 6.79 Å². The first-order chi connectivity index (χ1) is 13.5. The van der Waals surface area contributed by atoms with Gasteiger partial charge in [0, 0.05) is 6.54 Å². The van der Waals surface area contributed by atoms with Crippen LogP contribution in [0.1, 0.15) is 22.8 Å². The molecule has 1 heterocycles. The minimum Gasteiger partial charge on any atom is -0.493 e. The van der Waals surface area contributed by atoms with Crippen LogP contribution in [-0.4, -0.2) is 39.0 Å². The molecule has 3 rings (SSSR count). The number of rotatable bonds is 7. The minimum atomic E-state index is -0.771. The molecule has 0 spiro atoms. The number of methoxy groups -OCH3 is 2. The average Bonchev–Trinajstić information content (AvgIpc) is 3.19. The summed E-state index contributed by atoms with van der Waals surface area (Å²) < 4.78 is 26.2. The zero-order chi connectivity index (χ0) is 20.1. The zero-order valence-corrected chi connectivity index (χ0v) is 15.8. The van der Waals surface area contributed by atoms with Crippen LogP contribution in [0.15, 0.2) is 36.4 Å². The second kappa shape index (κ2) is 8.51. The van der Waals surface area contributed by atoms with Crippen molar-refractivity contribution in [3.8, 4) is 23.0 Å². The standard InChI is InChI=1S/C20H21NO7/c1-12(28-16-7-5-14(20(23)25-3)9-17(16)24-2)19(22)21-10-13-4-6-15-18(8-13)27-11-26-15/h4-9,12H,10-11H2,1-3H3,(H,21,22)/t12-/m0/s1. The van der Waals surface area contributed by atoms with Crippen LogP contribution in [0.25, 0.3) is 0 Å². The molecule has 1 N–H and O–H groups in total. The number of hydrogen-bond acceptors (Lipinski definition) is 7. The van der Waals surface area contributed by atoms with E-state index in [-0.39, 0.29) is 12.7 Å². The van der Waals surface area contributed by atoms with Crippen LogP contribution < -0.4 is 24.3 Å². The van der Waals surface area contributed by atoms with Crippen molar-refractivity contribution in [2.24, 2.45) is 0 Å². The number of fused-ring (bicyclic) bond motifs is 1. The van der Waals surface area contributed by atoms with Crippen molar-refractivity contribution >= 4 is 11.9 Å². The van der Waals surface area contributed by atoms with E-state index in [9.17, 15) is 9.59 Å². The predicted molar refractivity (Wildman–Crippen MR) is 98.8 cm³/mol. The van der Waals surface area contributed by atoms with Crippen molar-refractivity contribution in [2.45, 2.75) is 19.6 Å². The van der Waals surface area contributed by atoms with E-state index in [1.54, 1.807) is 25.1 Å². The largest absolute Gasteiger partial charge is 0.493 e. The summed E-state index contributed by atoms with van der Waals surface area (Å²) in [6.45, 7) is 2.15. The highest BCUT2D eigenvalue weighted by Gasteiger charge is 2.19. The lowest BCUT2D eigenvalue weighted by molar-refractivity contribution is -0.127. The van der Waals surface area contributed by atoms with Gasteiger partial charge in [-0.15, -0.1) is 0 Å². The first kappa shape index (κ1) is 19.3. The summed E-state index contributed by atoms with van der Waals surface area (Å²) in [5, 5.41) is 2.81. The van der Waals surface area contributed by atoms with Crippen molar-refractivity contribution < 1.29 is 33.3 Å². The fraction of sp³-hybridized carbons (Fsp3) is 0.300. The summed E-state index contributed by atoms with van der Waals surface area (Å²) >= 11 is 0. The molecular formula is C20H21NO7. The van der Waals surface area contributed by atoms with Crippen molar-refractivity contribution in [2.75, 3.05) is 21.0 Å². The summed E-state index contributed by atoms with van der Waals surface area (Å²) in [4.78, 5) is 24.0. The smallest absolute Gasteiger partial charge is 0.337 e. The number of amides is 1. The number of nitrogens with one attached hydrogen (secondary N) is 1. The molecular weight excluding hydrogens is 366 g/mol. The molecule has 0 radical (unpaired) electrons. The third-order valence-electron chi connectivity index (χ3n) is 4.16. The van der Waals surface area contributed by atoms with Crippen molar-refractivity contribution in [3.63, 3.8) is 0 Å². The molecule has 0 bridgehead atoms. The molecule has 1 amide bonds. The molecule has 28 heavy (non-hydrogen) atoms. The number of carbonyl (C=O) groups is 2. The van der Waals surface area contributed by atoms with Crippen LogP contribution in [0.3, 0.4) is 0 Å². The van der Waals surface area contributed by atoms with E-state index in [0.29, 0.717) is 35.1 Å². The summed E-state index contributed by atoms with van der Waals surface area (Å²) in [5.74, 6) is 1.25. The van der Waals surface area contributed by atoms with Gasteiger partial charge in [0.05, 0.1) is 19.8 Å². The lowest BCUT2D eigenvalue weighted by Gasteiger charge is -2.17. The van der Waals surface area contributed by atoms with Crippen LogP contribution in [-0.2, 0) is 16.1 Å². The SMILES string of the molecule is COC(=O)c1ccc(O[C@@H](C)C(=O)NCc2ccc3c(c2)OCO3)c(OC)c1. The molecule has 8 nitrogen and oxygen atoms in total. The average molecular weight is 387 g/mol. The highest BCUT2D eigenvalue weighted by atomic mass is 16.7. The Balaban J connectivity index is 1.60. The van der Waals surface area contributed by atoms with E-state index in [2.05, 4.69) is 10.1 Å². The Labute approximate surface area is 162 Å². The number of hydrogen-bond donors (Lipinski definition) is 1. The summed E-state index contributed by atoms with van der Waals surface area (Å²) in [6.07, 6.45) is -0.771. The third kappa shape index (κ3) is 4.28. The zero-order valence-electron chi connectivity index (χ0n) is 15.8. The maximum atomic E-state index is 12.4. The van der Waals surface area contributed by atoms with Gasteiger partial charge in [-0.25, -0.2) is 4.79 Å². The predicted octanol–water partition coefficient (Wildman–Crippen LogP) is 2.29. The second-order valence-corrected chi connectivity index (χ2v) is 6.02. The van der Waals surface area contributed by atoms with E-state index < -0.39 is 12.1 Å². The van der Waals surface area contributed by atoms with Gasteiger partial charge in [-0.05, 0) is 42.8 Å². The fourth-order valence-corrected chi connectivity index (χ4v) is 2.64. The molecule has 1 aliphatic heterocycles. The van der Waals surface area contributed by atoms with Crippen molar-refractivity contribution in [1.82, 2.24) is 5.32 Å². The summed E-state index contributed by atoms with van der Waals surface area (Å²) in [5.41, 5.74) is 1.21. The Hall–Kier alpha value is -3.42. The molecule has 148 valence electrons. The Morgan fingerprint density at radius 2 is 1.86 bits per heavy atom. The lowest BCUT2D eigenvalue weighted by atomic mass is 10.2. The quantitative estimate of drug-likeness (QED) is 0.729. The topological polar surface area (TPSA) is 92.3 Å². The van der Waals surface area contributed by atoms with E-state index in [1.165, 1.54) is 20.3 Å². The lowest BCUT2D eigenvalue weighted by Crippen LogP contribution is -2.36. The maximum Gasteiger partial charge on any atom is 0.337 e. The van der Waals surface area contributed by atoms with Crippen LogP contribution in [0.2, 0.25) is 0 Å². The Bertz CT molecular complexity index is 881. The highest BCUT2D eigenvalue weighted by Crippen LogP contribution is 2.32. The number of benzene rings is 2. The van der Waals surface area contributed by atoms with Gasteiger partial charge in [-0.2, -0.15) is 0 Å². The Kier molecular flexibility index (Phi) is 5.88. The fourth-order valence-electron chi connectivity index (χ4n) is 2.64. The van der Waals surface area contributed by atoms with E-state index in [1.807, 2.05) is 12.1 Å². The molecule has 8 heteroatoms. The maximum absolute atomic E-state index is 12.4. The van der Waals surface area contributed by atoms with Gasteiger partial charge in [0.1, 0.15) is 0 Å². The van der Waals surface area contributed by atoms with Gasteiger partial charge >= 0.3 is 5.97 Å². The van der Waals surface area contributed by atoms with Crippen LogP contribution in [0, 0.1) is 0 Å². The van der Waals surface area contributed by atoms with Gasteiger partial charge in [-0.1, -0.05) is 6.07 Å². The molecule has 1 atom stereocenters. The molecule has 0 saturated carbocycles. The molecule has 2 aromatic rings. The van der Waals surface area contributed by atoms with Gasteiger partial charge in [0.15, 0.2) is 29.1 Å². The van der Waals surface area contributed by atoms with E-state index in [4.69, 9.17) is 18.9 Å². The minimum absolute atomic E-state index is 0.201. The Morgan fingerprint density at radius 3 is 2.61 bits per heavy atom. The number of carbonyl (C=O) groups excluding carboxylic acids is 2. The molecule has 0 fully saturated rings. The number of esters is 1. The van der Waals surface area contributed by atoms with E-state index in [0.717, 1.165) is 5.56 Å². The molecule has 0 aliphatic carbocycles. The molecule has 0 saturated heterocycles. The third-order valence-corrected chi connectivity index (χ3v) is 4.16. The molecule has 1 aliphatic rings. The van der Waals surface area contributed by atoms with Gasteiger partial charge in [-0.3, -0.25) is 4.79 Å². The first-order valence-corrected chi connectivity index (χ1v) is 8.61. The second-order valence-electron chi connectivity index (χ2n) is 6.02. The summed E-state index contributed by atoms with van der Waals surface area (Å²) in [7, 11) is 2.75. The van der Waals surface area contributed by atoms with Crippen molar-refractivity contribution in [3.05, 3.63) is 47.5 Å². The number of ether oxygens (including phenoxy) is 5. The van der Waals surface area contributed by atoms with Crippen LogP contribution in [0.4, 0.5) is 0 Å².